The fraction of sp³-hybridized carbons (Fsp3) is 0.231. The Kier molecular flexibility index (Phi) is 4.34. The molecule has 1 amide bonds. The maximum atomic E-state index is 12.0. The quantitative estimate of drug-likeness (QED) is 0.938. The molecule has 19 heavy (non-hydrogen) atoms. The summed E-state index contributed by atoms with van der Waals surface area (Å²) in [7, 11) is 1.55. The number of ether oxygens (including phenoxy) is 1. The number of methoxy groups -OCH3 is 1. The normalized spacial score (nSPS) is 10.5. The van der Waals surface area contributed by atoms with Crippen LogP contribution >= 0.6 is 15.9 Å². The summed E-state index contributed by atoms with van der Waals surface area (Å²) in [5.41, 5.74) is 1.97. The van der Waals surface area contributed by atoms with Crippen molar-refractivity contribution in [2.45, 2.75) is 13.5 Å². The van der Waals surface area contributed by atoms with Crippen LogP contribution in [0.25, 0.3) is 0 Å². The third-order valence-corrected chi connectivity index (χ3v) is 3.14. The van der Waals surface area contributed by atoms with E-state index in [9.17, 15) is 4.79 Å². The average molecular weight is 325 g/mol. The number of anilines is 1. The van der Waals surface area contributed by atoms with Crippen LogP contribution in [0.3, 0.4) is 0 Å². The van der Waals surface area contributed by atoms with Crippen LogP contribution in [0.5, 0.6) is 0 Å². The molecular weight excluding hydrogens is 312 g/mol. The Balaban J connectivity index is 2.13. The molecule has 6 heteroatoms. The van der Waals surface area contributed by atoms with Gasteiger partial charge in [0.15, 0.2) is 11.5 Å². The van der Waals surface area contributed by atoms with E-state index in [0.717, 1.165) is 10.0 Å². The number of nitrogens with zero attached hydrogens (tertiary/aromatic N) is 1. The largest absolute Gasteiger partial charge is 0.377 e. The van der Waals surface area contributed by atoms with E-state index >= 15 is 0 Å². The molecule has 0 aliphatic rings. The third kappa shape index (κ3) is 3.42. The van der Waals surface area contributed by atoms with Gasteiger partial charge in [0.1, 0.15) is 6.61 Å². The summed E-state index contributed by atoms with van der Waals surface area (Å²) in [6, 6.07) is 7.26. The molecule has 0 unspecified atom stereocenters. The van der Waals surface area contributed by atoms with Crippen molar-refractivity contribution in [1.82, 2.24) is 5.16 Å². The van der Waals surface area contributed by atoms with Gasteiger partial charge in [-0.05, 0) is 40.5 Å². The van der Waals surface area contributed by atoms with E-state index < -0.39 is 0 Å². The van der Waals surface area contributed by atoms with Gasteiger partial charge in [-0.15, -0.1) is 0 Å². The van der Waals surface area contributed by atoms with Gasteiger partial charge in [0.25, 0.3) is 5.91 Å². The van der Waals surface area contributed by atoms with Gasteiger partial charge < -0.3 is 14.6 Å². The van der Waals surface area contributed by atoms with E-state index in [4.69, 9.17) is 9.26 Å². The smallest absolute Gasteiger partial charge is 0.277 e. The standard InChI is InChI=1S/C13H13BrN2O3/c1-8-3-4-10(14)11(5-8)15-13(17)12-6-9(7-18-2)19-16-12/h3-6H,7H2,1-2H3,(H,15,17). The Morgan fingerprint density at radius 3 is 3.00 bits per heavy atom. The van der Waals surface area contributed by atoms with Crippen LogP contribution in [0.4, 0.5) is 5.69 Å². The number of benzene rings is 1. The van der Waals surface area contributed by atoms with Crippen molar-refractivity contribution in [3.8, 4) is 0 Å². The molecule has 0 bridgehead atoms. The van der Waals surface area contributed by atoms with E-state index in [1.807, 2.05) is 25.1 Å². The van der Waals surface area contributed by atoms with Crippen LogP contribution in [-0.4, -0.2) is 18.2 Å². The predicted octanol–water partition coefficient (Wildman–Crippen LogP) is 3.14. The SMILES string of the molecule is COCc1cc(C(=O)Nc2cc(C)ccc2Br)no1. The maximum absolute atomic E-state index is 12.0. The van der Waals surface area contributed by atoms with Gasteiger partial charge in [-0.25, -0.2) is 0 Å². The first-order valence-corrected chi connectivity index (χ1v) is 6.41. The van der Waals surface area contributed by atoms with Crippen LogP contribution in [0.1, 0.15) is 21.8 Å². The second-order valence-electron chi connectivity index (χ2n) is 4.05. The molecule has 1 aromatic heterocycles. The lowest BCUT2D eigenvalue weighted by atomic mass is 10.2. The molecule has 5 nitrogen and oxygen atoms in total. The lowest BCUT2D eigenvalue weighted by Crippen LogP contribution is -2.12. The first-order valence-electron chi connectivity index (χ1n) is 5.62. The van der Waals surface area contributed by atoms with Crippen molar-refractivity contribution in [1.29, 1.82) is 0 Å². The maximum Gasteiger partial charge on any atom is 0.277 e. The van der Waals surface area contributed by atoms with Crippen LogP contribution in [0.2, 0.25) is 0 Å². The fourth-order valence-corrected chi connectivity index (χ4v) is 1.90. The number of carbonyl (C=O) groups excluding carboxylic acids is 1. The van der Waals surface area contributed by atoms with E-state index in [1.54, 1.807) is 13.2 Å². The molecule has 100 valence electrons. The number of nitrogens with one attached hydrogen (secondary N) is 1. The summed E-state index contributed by atoms with van der Waals surface area (Å²) in [5.74, 6) is 0.188. The average Bonchev–Trinajstić information content (AvgIpc) is 2.83. The number of amides is 1. The summed E-state index contributed by atoms with van der Waals surface area (Å²) in [6.45, 7) is 2.24. The van der Waals surface area contributed by atoms with Crippen molar-refractivity contribution in [2.75, 3.05) is 12.4 Å². The Morgan fingerprint density at radius 1 is 1.47 bits per heavy atom. The van der Waals surface area contributed by atoms with Crippen LogP contribution < -0.4 is 5.32 Å². The number of aromatic nitrogens is 1. The van der Waals surface area contributed by atoms with E-state index in [0.29, 0.717) is 11.4 Å². The minimum atomic E-state index is -0.322. The molecule has 0 atom stereocenters. The van der Waals surface area contributed by atoms with Gasteiger partial charge in [0, 0.05) is 17.6 Å². The van der Waals surface area contributed by atoms with E-state index in [1.165, 1.54) is 0 Å². The number of aryl methyl sites for hydroxylation is 1. The molecule has 2 aromatic rings. The van der Waals surface area contributed by atoms with Gasteiger partial charge in [-0.1, -0.05) is 11.2 Å². The van der Waals surface area contributed by atoms with Crippen molar-refractivity contribution >= 4 is 27.5 Å². The van der Waals surface area contributed by atoms with Gasteiger partial charge >= 0.3 is 0 Å². The van der Waals surface area contributed by atoms with Gasteiger partial charge in [-0.3, -0.25) is 4.79 Å². The molecule has 0 aliphatic heterocycles. The number of halogens is 1. The minimum Gasteiger partial charge on any atom is -0.377 e. The Bertz CT molecular complexity index is 595. The lowest BCUT2D eigenvalue weighted by Gasteiger charge is -2.06. The summed E-state index contributed by atoms with van der Waals surface area (Å²) >= 11 is 3.38. The zero-order chi connectivity index (χ0) is 13.8. The first-order chi connectivity index (χ1) is 9.10. The third-order valence-electron chi connectivity index (χ3n) is 2.45. The zero-order valence-electron chi connectivity index (χ0n) is 10.6. The van der Waals surface area contributed by atoms with E-state index in [2.05, 4.69) is 26.4 Å². The Labute approximate surface area is 119 Å². The molecule has 0 saturated heterocycles. The Morgan fingerprint density at radius 2 is 2.26 bits per heavy atom. The minimum absolute atomic E-state index is 0.223. The predicted molar refractivity (Wildman–Crippen MR) is 74.0 cm³/mol. The van der Waals surface area contributed by atoms with Gasteiger partial charge in [0.05, 0.1) is 5.69 Å². The number of carbonyl (C=O) groups is 1. The molecule has 2 rings (SSSR count). The summed E-state index contributed by atoms with van der Waals surface area (Å²) < 4.78 is 10.7. The summed E-state index contributed by atoms with van der Waals surface area (Å²) in [5, 5.41) is 6.47. The Hall–Kier alpha value is -1.66. The highest BCUT2D eigenvalue weighted by Gasteiger charge is 2.13. The molecule has 0 spiro atoms. The molecule has 0 fully saturated rings. The molecule has 1 heterocycles. The van der Waals surface area contributed by atoms with Gasteiger partial charge in [0.2, 0.25) is 0 Å². The highest BCUT2D eigenvalue weighted by molar-refractivity contribution is 9.10. The highest BCUT2D eigenvalue weighted by atomic mass is 79.9. The summed E-state index contributed by atoms with van der Waals surface area (Å²) in [4.78, 5) is 12.0. The summed E-state index contributed by atoms with van der Waals surface area (Å²) in [6.07, 6.45) is 0. The lowest BCUT2D eigenvalue weighted by molar-refractivity contribution is 0.101. The van der Waals surface area contributed by atoms with E-state index in [-0.39, 0.29) is 18.2 Å². The van der Waals surface area contributed by atoms with Crippen molar-refractivity contribution in [3.63, 3.8) is 0 Å². The second-order valence-corrected chi connectivity index (χ2v) is 4.90. The molecule has 0 radical (unpaired) electrons. The molecule has 1 N–H and O–H groups in total. The van der Waals surface area contributed by atoms with Crippen LogP contribution in [0.15, 0.2) is 33.3 Å². The van der Waals surface area contributed by atoms with Crippen LogP contribution in [0, 0.1) is 6.92 Å². The van der Waals surface area contributed by atoms with Crippen molar-refractivity contribution in [2.24, 2.45) is 0 Å². The van der Waals surface area contributed by atoms with Gasteiger partial charge in [-0.2, -0.15) is 0 Å². The number of hydrogen-bond donors (Lipinski definition) is 1. The number of rotatable bonds is 4. The molecule has 0 aliphatic carbocycles. The van der Waals surface area contributed by atoms with Crippen molar-refractivity contribution < 1.29 is 14.1 Å². The monoisotopic (exact) mass is 324 g/mol. The highest BCUT2D eigenvalue weighted by Crippen LogP contribution is 2.23. The van der Waals surface area contributed by atoms with Crippen molar-refractivity contribution in [3.05, 3.63) is 45.8 Å². The second kappa shape index (κ2) is 5.99. The number of hydrogen-bond acceptors (Lipinski definition) is 4. The van der Waals surface area contributed by atoms with Crippen LogP contribution in [-0.2, 0) is 11.3 Å². The molecular formula is C13H13BrN2O3. The molecule has 1 aromatic carbocycles. The topological polar surface area (TPSA) is 64.4 Å². The molecule has 0 saturated carbocycles. The fourth-order valence-electron chi connectivity index (χ4n) is 1.55. The zero-order valence-corrected chi connectivity index (χ0v) is 12.2. The first kappa shape index (κ1) is 13.8.